The molecule has 5 nitrogen and oxygen atoms in total. The van der Waals surface area contributed by atoms with Crippen molar-refractivity contribution in [2.75, 3.05) is 0 Å². The van der Waals surface area contributed by atoms with Gasteiger partial charge in [0.15, 0.2) is 0 Å². The number of halogens is 2. The van der Waals surface area contributed by atoms with Gasteiger partial charge < -0.3 is 15.0 Å². The Hall–Kier alpha value is -2.86. The van der Waals surface area contributed by atoms with Crippen LogP contribution in [0.2, 0.25) is 5.02 Å². The lowest BCUT2D eigenvalue weighted by Gasteiger charge is -2.20. The zero-order valence-corrected chi connectivity index (χ0v) is 14.0. The molecule has 0 aliphatic heterocycles. The summed E-state index contributed by atoms with van der Waals surface area (Å²) in [5.41, 5.74) is 0.549. The monoisotopic (exact) mass is 359 g/mol. The van der Waals surface area contributed by atoms with E-state index in [1.807, 2.05) is 0 Å². The summed E-state index contributed by atoms with van der Waals surface area (Å²) in [6, 6.07) is 9.54. The number of imidazole rings is 1. The van der Waals surface area contributed by atoms with Crippen LogP contribution in [0.15, 0.2) is 54.9 Å². The summed E-state index contributed by atoms with van der Waals surface area (Å²) in [7, 11) is 1.76. The Balaban J connectivity index is 1.98. The topological polar surface area (TPSA) is 67.2 Å². The van der Waals surface area contributed by atoms with E-state index in [0.29, 0.717) is 11.4 Å². The molecule has 7 heteroatoms. The predicted octanol–water partition coefficient (Wildman–Crippen LogP) is 3.44. The number of phenolic OH excluding ortho intramolecular Hbond substituents is 1. The Bertz CT molecular complexity index is 926. The molecule has 0 saturated heterocycles. The zero-order chi connectivity index (χ0) is 18.0. The molecule has 1 unspecified atom stereocenters. The second-order valence-electron chi connectivity index (χ2n) is 5.49. The van der Waals surface area contributed by atoms with Crippen LogP contribution in [0.5, 0.6) is 5.75 Å². The number of nitrogens with one attached hydrogen (secondary N) is 1. The number of carbonyl (C=O) groups is 1. The highest BCUT2D eigenvalue weighted by molar-refractivity contribution is 6.32. The molecule has 1 atom stereocenters. The van der Waals surface area contributed by atoms with Crippen LogP contribution >= 0.6 is 11.6 Å². The molecule has 0 aliphatic carbocycles. The highest BCUT2D eigenvalue weighted by Gasteiger charge is 2.24. The van der Waals surface area contributed by atoms with E-state index in [1.165, 1.54) is 24.3 Å². The maximum absolute atomic E-state index is 14.3. The number of benzene rings is 2. The van der Waals surface area contributed by atoms with Crippen LogP contribution in [0.3, 0.4) is 0 Å². The Kier molecular flexibility index (Phi) is 4.72. The van der Waals surface area contributed by atoms with Crippen LogP contribution in [-0.2, 0) is 7.05 Å². The average Bonchev–Trinajstić information content (AvgIpc) is 3.01. The van der Waals surface area contributed by atoms with Gasteiger partial charge in [-0.05, 0) is 24.3 Å². The summed E-state index contributed by atoms with van der Waals surface area (Å²) < 4.78 is 16.0. The van der Waals surface area contributed by atoms with Crippen molar-refractivity contribution >= 4 is 17.5 Å². The molecular weight excluding hydrogens is 345 g/mol. The third-order valence-electron chi connectivity index (χ3n) is 3.82. The number of aromatic hydroxyl groups is 1. The predicted molar refractivity (Wildman–Crippen MR) is 92.0 cm³/mol. The third-order valence-corrected chi connectivity index (χ3v) is 4.12. The summed E-state index contributed by atoms with van der Waals surface area (Å²) >= 11 is 5.86. The third kappa shape index (κ3) is 3.49. The van der Waals surface area contributed by atoms with Crippen molar-refractivity contribution in [1.82, 2.24) is 14.9 Å². The number of hydrogen-bond donors (Lipinski definition) is 2. The molecule has 3 aromatic rings. The lowest BCUT2D eigenvalue weighted by molar-refractivity contribution is 0.0940. The second kappa shape index (κ2) is 6.94. The van der Waals surface area contributed by atoms with Crippen molar-refractivity contribution < 1.29 is 14.3 Å². The van der Waals surface area contributed by atoms with Gasteiger partial charge in [0.25, 0.3) is 5.91 Å². The molecule has 1 aromatic heterocycles. The fourth-order valence-corrected chi connectivity index (χ4v) is 2.69. The standard InChI is InChI=1S/C18H15ClFN3O2/c1-23-9-8-21-17(23)16(12-4-2-3-5-14(12)20)22-18(25)11-6-7-15(24)13(19)10-11/h2-10,16,24H,1H3,(H,22,25). The lowest BCUT2D eigenvalue weighted by Crippen LogP contribution is -2.31. The Morgan fingerprint density at radius 3 is 2.72 bits per heavy atom. The van der Waals surface area contributed by atoms with Crippen molar-refractivity contribution in [1.29, 1.82) is 0 Å². The molecule has 3 rings (SSSR count). The van der Waals surface area contributed by atoms with Crippen molar-refractivity contribution in [3.8, 4) is 5.75 Å². The molecule has 2 aromatic carbocycles. The van der Waals surface area contributed by atoms with Gasteiger partial charge in [0.2, 0.25) is 0 Å². The van der Waals surface area contributed by atoms with E-state index in [4.69, 9.17) is 11.6 Å². The SMILES string of the molecule is Cn1ccnc1C(NC(=O)c1ccc(O)c(Cl)c1)c1ccccc1F. The van der Waals surface area contributed by atoms with Crippen molar-refractivity contribution in [3.05, 3.63) is 82.6 Å². The average molecular weight is 360 g/mol. The van der Waals surface area contributed by atoms with Crippen molar-refractivity contribution in [2.45, 2.75) is 6.04 Å². The van der Waals surface area contributed by atoms with Crippen LogP contribution in [0, 0.1) is 5.82 Å². The van der Waals surface area contributed by atoms with E-state index in [2.05, 4.69) is 10.3 Å². The van der Waals surface area contributed by atoms with Crippen molar-refractivity contribution in [2.24, 2.45) is 7.05 Å². The van der Waals surface area contributed by atoms with E-state index < -0.39 is 17.8 Å². The molecule has 25 heavy (non-hydrogen) atoms. The zero-order valence-electron chi connectivity index (χ0n) is 13.3. The Morgan fingerprint density at radius 1 is 1.32 bits per heavy atom. The number of aryl methyl sites for hydroxylation is 1. The minimum Gasteiger partial charge on any atom is -0.506 e. The largest absolute Gasteiger partial charge is 0.506 e. The highest BCUT2D eigenvalue weighted by Crippen LogP contribution is 2.26. The number of phenols is 1. The van der Waals surface area contributed by atoms with Gasteiger partial charge >= 0.3 is 0 Å². The number of aromatic nitrogens is 2. The molecule has 128 valence electrons. The molecule has 0 fully saturated rings. The normalized spacial score (nSPS) is 12.0. The molecule has 1 amide bonds. The number of hydrogen-bond acceptors (Lipinski definition) is 3. The van der Waals surface area contributed by atoms with Gasteiger partial charge in [-0.1, -0.05) is 29.8 Å². The second-order valence-corrected chi connectivity index (χ2v) is 5.90. The van der Waals surface area contributed by atoms with Crippen LogP contribution in [0.4, 0.5) is 4.39 Å². The molecule has 0 radical (unpaired) electrons. The molecule has 0 aliphatic rings. The minimum absolute atomic E-state index is 0.0621. The van der Waals surface area contributed by atoms with E-state index in [0.717, 1.165) is 0 Å². The smallest absolute Gasteiger partial charge is 0.252 e. The van der Waals surface area contributed by atoms with Crippen LogP contribution in [0.1, 0.15) is 27.8 Å². The molecule has 2 N–H and O–H groups in total. The molecule has 0 saturated carbocycles. The summed E-state index contributed by atoms with van der Waals surface area (Å²) in [5, 5.41) is 12.3. The molecule has 0 bridgehead atoms. The summed E-state index contributed by atoms with van der Waals surface area (Å²) in [6.45, 7) is 0. The quantitative estimate of drug-likeness (QED) is 0.750. The maximum atomic E-state index is 14.3. The fraction of sp³-hybridized carbons (Fsp3) is 0.111. The molecule has 1 heterocycles. The molecular formula is C18H15ClFN3O2. The summed E-state index contributed by atoms with van der Waals surface area (Å²) in [4.78, 5) is 16.8. The number of amides is 1. The van der Waals surface area contributed by atoms with Gasteiger partial charge in [0, 0.05) is 30.6 Å². The maximum Gasteiger partial charge on any atom is 0.252 e. The Labute approximate surface area is 148 Å². The Morgan fingerprint density at radius 2 is 2.08 bits per heavy atom. The first-order chi connectivity index (χ1) is 12.0. The van der Waals surface area contributed by atoms with E-state index in [9.17, 15) is 14.3 Å². The molecule has 0 spiro atoms. The van der Waals surface area contributed by atoms with Crippen LogP contribution in [-0.4, -0.2) is 20.6 Å². The lowest BCUT2D eigenvalue weighted by atomic mass is 10.0. The summed E-state index contributed by atoms with van der Waals surface area (Å²) in [6.07, 6.45) is 3.29. The summed E-state index contributed by atoms with van der Waals surface area (Å²) in [5.74, 6) is -0.533. The highest BCUT2D eigenvalue weighted by atomic mass is 35.5. The van der Waals surface area contributed by atoms with E-state index in [-0.39, 0.29) is 16.3 Å². The number of carbonyl (C=O) groups excluding carboxylic acids is 1. The fourth-order valence-electron chi connectivity index (χ4n) is 2.51. The van der Waals surface area contributed by atoms with Gasteiger partial charge in [-0.25, -0.2) is 9.37 Å². The first-order valence-electron chi connectivity index (χ1n) is 7.48. The van der Waals surface area contributed by atoms with Crippen LogP contribution in [0.25, 0.3) is 0 Å². The first kappa shape index (κ1) is 17.0. The van der Waals surface area contributed by atoms with E-state index in [1.54, 1.807) is 42.2 Å². The van der Waals surface area contributed by atoms with Gasteiger partial charge in [-0.15, -0.1) is 0 Å². The van der Waals surface area contributed by atoms with Crippen LogP contribution < -0.4 is 5.32 Å². The van der Waals surface area contributed by atoms with Gasteiger partial charge in [-0.2, -0.15) is 0 Å². The van der Waals surface area contributed by atoms with Gasteiger partial charge in [0.1, 0.15) is 23.4 Å². The number of rotatable bonds is 4. The van der Waals surface area contributed by atoms with Crippen molar-refractivity contribution in [3.63, 3.8) is 0 Å². The van der Waals surface area contributed by atoms with Gasteiger partial charge in [-0.3, -0.25) is 4.79 Å². The number of nitrogens with zero attached hydrogens (tertiary/aromatic N) is 2. The minimum atomic E-state index is -0.777. The van der Waals surface area contributed by atoms with E-state index >= 15 is 0 Å². The van der Waals surface area contributed by atoms with Gasteiger partial charge in [0.05, 0.1) is 5.02 Å². The first-order valence-corrected chi connectivity index (χ1v) is 7.86.